The Morgan fingerprint density at radius 1 is 1.28 bits per heavy atom. The Morgan fingerprint density at radius 3 is 2.76 bits per heavy atom. The molecule has 1 aromatic carbocycles. The molecule has 4 rings (SSSR count). The summed E-state index contributed by atoms with van der Waals surface area (Å²) in [5.74, 6) is -2.07. The average Bonchev–Trinajstić information content (AvgIpc) is 3.24. The van der Waals surface area contributed by atoms with Gasteiger partial charge in [0.05, 0.1) is 16.7 Å². The number of benzene rings is 1. The van der Waals surface area contributed by atoms with Crippen LogP contribution >= 0.6 is 0 Å². The predicted molar refractivity (Wildman–Crippen MR) is 102 cm³/mol. The summed E-state index contributed by atoms with van der Waals surface area (Å²) in [6.07, 6.45) is 0.845. The van der Waals surface area contributed by atoms with Gasteiger partial charge in [-0.15, -0.1) is 0 Å². The fraction of sp³-hybridized carbons (Fsp3) is 0.500. The highest BCUT2D eigenvalue weighted by Gasteiger charge is 2.45. The van der Waals surface area contributed by atoms with Crippen LogP contribution in [0.15, 0.2) is 18.2 Å². The predicted octanol–water partition coefficient (Wildman–Crippen LogP) is -0.710. The number of carbonyl (C=O) groups is 4. The summed E-state index contributed by atoms with van der Waals surface area (Å²) in [5.41, 5.74) is 0.305. The van der Waals surface area contributed by atoms with E-state index in [2.05, 4.69) is 16.0 Å². The van der Waals surface area contributed by atoms with Gasteiger partial charge in [0.15, 0.2) is 0 Å². The molecule has 1 aromatic rings. The van der Waals surface area contributed by atoms with E-state index < -0.39 is 35.3 Å². The number of fused-ring (bicyclic) bond motifs is 1. The summed E-state index contributed by atoms with van der Waals surface area (Å²) in [6, 6.07) is 3.83. The molecule has 3 aliphatic heterocycles. The average molecular weight is 400 g/mol. The van der Waals surface area contributed by atoms with Gasteiger partial charge in [-0.2, -0.15) is 0 Å². The minimum absolute atomic E-state index is 0.0857. The number of hydrogen-bond acceptors (Lipinski definition) is 7. The molecule has 0 saturated carbocycles. The monoisotopic (exact) mass is 400 g/mol. The second kappa shape index (κ2) is 7.33. The van der Waals surface area contributed by atoms with Gasteiger partial charge >= 0.3 is 0 Å². The largest absolute Gasteiger partial charge is 0.387 e. The van der Waals surface area contributed by atoms with Crippen molar-refractivity contribution in [2.45, 2.75) is 50.4 Å². The molecule has 0 spiro atoms. The Kier molecular flexibility index (Phi) is 4.97. The Bertz CT molecular complexity index is 893. The number of aliphatic hydroxyl groups is 1. The molecule has 0 aliphatic carbocycles. The minimum Gasteiger partial charge on any atom is -0.387 e. The second-order valence-electron chi connectivity index (χ2n) is 7.92. The molecule has 29 heavy (non-hydrogen) atoms. The number of β-amino-alcohol motifs (C(OH)–C–C–N with tert-alkyl or cyclic N) is 1. The summed E-state index contributed by atoms with van der Waals surface area (Å²) in [4.78, 5) is 50.5. The van der Waals surface area contributed by atoms with Gasteiger partial charge in [0.25, 0.3) is 11.8 Å². The molecule has 2 fully saturated rings. The summed E-state index contributed by atoms with van der Waals surface area (Å²) in [6.45, 7) is 3.43. The van der Waals surface area contributed by atoms with Crippen LogP contribution in [0.25, 0.3) is 0 Å². The van der Waals surface area contributed by atoms with Crippen LogP contribution in [-0.4, -0.2) is 64.4 Å². The van der Waals surface area contributed by atoms with E-state index in [4.69, 9.17) is 0 Å². The van der Waals surface area contributed by atoms with Gasteiger partial charge in [-0.3, -0.25) is 29.4 Å². The molecule has 0 aromatic heterocycles. The van der Waals surface area contributed by atoms with Crippen LogP contribution in [0.1, 0.15) is 52.5 Å². The molecule has 3 aliphatic rings. The number of imide groups is 2. The van der Waals surface area contributed by atoms with Crippen molar-refractivity contribution in [2.24, 2.45) is 0 Å². The molecular formula is C20H24N4O5. The molecule has 0 radical (unpaired) electrons. The fourth-order valence-electron chi connectivity index (χ4n) is 4.25. The van der Waals surface area contributed by atoms with Crippen LogP contribution in [0.2, 0.25) is 0 Å². The van der Waals surface area contributed by atoms with Gasteiger partial charge in [0.2, 0.25) is 11.8 Å². The van der Waals surface area contributed by atoms with E-state index >= 15 is 0 Å². The molecule has 3 heterocycles. The number of hydrogen-bond donors (Lipinski definition) is 4. The highest BCUT2D eigenvalue weighted by Crippen LogP contribution is 2.30. The van der Waals surface area contributed by atoms with Crippen molar-refractivity contribution in [2.75, 3.05) is 13.1 Å². The van der Waals surface area contributed by atoms with Crippen molar-refractivity contribution in [1.82, 2.24) is 20.9 Å². The lowest BCUT2D eigenvalue weighted by Gasteiger charge is -2.30. The molecule has 9 heteroatoms. The zero-order chi connectivity index (χ0) is 20.8. The van der Waals surface area contributed by atoms with Gasteiger partial charge in [-0.05, 0) is 37.9 Å². The summed E-state index contributed by atoms with van der Waals surface area (Å²) < 4.78 is 0. The van der Waals surface area contributed by atoms with Crippen LogP contribution in [-0.2, 0) is 16.1 Å². The molecule has 9 nitrogen and oxygen atoms in total. The summed E-state index contributed by atoms with van der Waals surface area (Å²) >= 11 is 0. The molecule has 4 amide bonds. The third kappa shape index (κ3) is 3.35. The number of rotatable bonds is 5. The van der Waals surface area contributed by atoms with Crippen LogP contribution in [0.4, 0.5) is 0 Å². The third-order valence-corrected chi connectivity index (χ3v) is 6.12. The molecule has 4 N–H and O–H groups in total. The highest BCUT2D eigenvalue weighted by atomic mass is 16.3. The quantitative estimate of drug-likeness (QED) is 0.481. The maximum atomic E-state index is 13.1. The Labute approximate surface area is 167 Å². The van der Waals surface area contributed by atoms with Gasteiger partial charge < -0.3 is 15.7 Å². The number of carbonyl (C=O) groups excluding carboxylic acids is 4. The van der Waals surface area contributed by atoms with Crippen LogP contribution < -0.4 is 16.0 Å². The molecule has 0 bridgehead atoms. The number of amides is 4. The number of piperidine rings is 1. The maximum absolute atomic E-state index is 13.1. The van der Waals surface area contributed by atoms with E-state index in [9.17, 15) is 24.3 Å². The van der Waals surface area contributed by atoms with Crippen LogP contribution in [0, 0.1) is 0 Å². The first-order chi connectivity index (χ1) is 13.8. The first-order valence-corrected chi connectivity index (χ1v) is 9.82. The van der Waals surface area contributed by atoms with Crippen molar-refractivity contribution in [3.8, 4) is 0 Å². The summed E-state index contributed by atoms with van der Waals surface area (Å²) in [7, 11) is 0. The SMILES string of the molecule is CC(NCc1cccc2c1C(=O)N(C1CCC(=O)NC1=O)C2=O)C1(O)CCNC1. The van der Waals surface area contributed by atoms with Crippen LogP contribution in [0.5, 0.6) is 0 Å². The number of nitrogens with zero attached hydrogens (tertiary/aromatic N) is 1. The smallest absolute Gasteiger partial charge is 0.262 e. The lowest BCUT2D eigenvalue weighted by atomic mass is 9.94. The Balaban J connectivity index is 1.55. The van der Waals surface area contributed by atoms with E-state index in [-0.39, 0.29) is 30.0 Å². The molecule has 3 atom stereocenters. The van der Waals surface area contributed by atoms with E-state index in [1.54, 1.807) is 18.2 Å². The highest BCUT2D eigenvalue weighted by molar-refractivity contribution is 6.24. The van der Waals surface area contributed by atoms with Gasteiger partial charge in [-0.1, -0.05) is 12.1 Å². The molecular weight excluding hydrogens is 376 g/mol. The third-order valence-electron chi connectivity index (χ3n) is 6.12. The minimum atomic E-state index is -0.981. The summed E-state index contributed by atoms with van der Waals surface area (Å²) in [5, 5.41) is 19.3. The van der Waals surface area contributed by atoms with Crippen molar-refractivity contribution < 1.29 is 24.3 Å². The standard InChI is InChI=1S/C20H24N4O5/c1-11(20(29)7-8-21-10-20)22-9-12-3-2-4-13-16(12)19(28)24(18(13)27)14-5-6-15(25)23-17(14)26/h2-4,11,14,21-22,29H,5-10H2,1H3,(H,23,25,26). The Hall–Kier alpha value is -2.62. The topological polar surface area (TPSA) is 128 Å². The zero-order valence-electron chi connectivity index (χ0n) is 16.2. The van der Waals surface area contributed by atoms with Gasteiger partial charge in [0.1, 0.15) is 6.04 Å². The van der Waals surface area contributed by atoms with Crippen molar-refractivity contribution >= 4 is 23.6 Å². The van der Waals surface area contributed by atoms with E-state index in [1.807, 2.05) is 6.92 Å². The van der Waals surface area contributed by atoms with E-state index in [1.165, 1.54) is 0 Å². The van der Waals surface area contributed by atoms with Crippen LogP contribution in [0.3, 0.4) is 0 Å². The number of nitrogens with one attached hydrogen (secondary N) is 3. The van der Waals surface area contributed by atoms with Gasteiger partial charge in [-0.25, -0.2) is 0 Å². The fourth-order valence-corrected chi connectivity index (χ4v) is 4.25. The lowest BCUT2D eigenvalue weighted by molar-refractivity contribution is -0.136. The maximum Gasteiger partial charge on any atom is 0.262 e. The molecule has 3 unspecified atom stereocenters. The molecule has 2 saturated heterocycles. The van der Waals surface area contributed by atoms with Gasteiger partial charge in [0, 0.05) is 25.6 Å². The Morgan fingerprint density at radius 2 is 2.07 bits per heavy atom. The second-order valence-corrected chi connectivity index (χ2v) is 7.92. The van der Waals surface area contributed by atoms with Crippen molar-refractivity contribution in [1.29, 1.82) is 0 Å². The zero-order valence-corrected chi connectivity index (χ0v) is 16.2. The van der Waals surface area contributed by atoms with Crippen molar-refractivity contribution in [3.05, 3.63) is 34.9 Å². The normalized spacial score (nSPS) is 27.9. The van der Waals surface area contributed by atoms with E-state index in [0.29, 0.717) is 25.1 Å². The van der Waals surface area contributed by atoms with E-state index in [0.717, 1.165) is 11.4 Å². The van der Waals surface area contributed by atoms with Crippen molar-refractivity contribution in [3.63, 3.8) is 0 Å². The first-order valence-electron chi connectivity index (χ1n) is 9.82. The first kappa shape index (κ1) is 19.7. The molecule has 154 valence electrons. The lowest BCUT2D eigenvalue weighted by Crippen LogP contribution is -2.54.